The van der Waals surface area contributed by atoms with Crippen LogP contribution in [0.3, 0.4) is 0 Å². The molecular weight excluding hydrogens is 334 g/mol. The summed E-state index contributed by atoms with van der Waals surface area (Å²) in [5.41, 5.74) is 3.30. The van der Waals surface area contributed by atoms with Gasteiger partial charge in [0.25, 0.3) is 5.91 Å². The molecule has 7 nitrogen and oxygen atoms in total. The number of hydrogen-bond acceptors (Lipinski definition) is 5. The highest BCUT2D eigenvalue weighted by molar-refractivity contribution is 5.96. The van der Waals surface area contributed by atoms with Crippen molar-refractivity contribution in [3.05, 3.63) is 35.5 Å². The molecule has 0 radical (unpaired) electrons. The zero-order chi connectivity index (χ0) is 17.7. The normalized spacial score (nSPS) is 20.6. The number of aryl methyl sites for hydroxylation is 1. The third-order valence-electron chi connectivity index (χ3n) is 5.49. The average Bonchev–Trinajstić information content (AvgIpc) is 3.27. The van der Waals surface area contributed by atoms with Gasteiger partial charge in [-0.2, -0.15) is 5.10 Å². The van der Waals surface area contributed by atoms with Crippen LogP contribution < -0.4 is 4.74 Å². The fourth-order valence-electron chi connectivity index (χ4n) is 4.14. The van der Waals surface area contributed by atoms with E-state index in [2.05, 4.69) is 5.10 Å². The first kappa shape index (κ1) is 15.8. The summed E-state index contributed by atoms with van der Waals surface area (Å²) < 4.78 is 19.1. The van der Waals surface area contributed by atoms with Gasteiger partial charge in [0.05, 0.1) is 18.9 Å². The monoisotopic (exact) mass is 355 g/mol. The average molecular weight is 355 g/mol. The number of piperidine rings is 1. The van der Waals surface area contributed by atoms with E-state index in [1.165, 1.54) is 0 Å². The minimum atomic E-state index is -0.484. The van der Waals surface area contributed by atoms with Gasteiger partial charge in [-0.25, -0.2) is 0 Å². The quantitative estimate of drug-likeness (QED) is 0.782. The Balaban J connectivity index is 1.43. The fourth-order valence-corrected chi connectivity index (χ4v) is 4.14. The summed E-state index contributed by atoms with van der Waals surface area (Å²) in [7, 11) is 1.88. The van der Waals surface area contributed by atoms with Crippen molar-refractivity contribution in [2.24, 2.45) is 7.05 Å². The van der Waals surface area contributed by atoms with Gasteiger partial charge >= 0.3 is 0 Å². The lowest BCUT2D eigenvalue weighted by molar-refractivity contribution is -0.181. The number of carbonyl (C=O) groups is 1. The third kappa shape index (κ3) is 2.34. The van der Waals surface area contributed by atoms with Crippen LogP contribution in [0.5, 0.6) is 5.75 Å². The van der Waals surface area contributed by atoms with E-state index in [0.717, 1.165) is 22.6 Å². The second-order valence-corrected chi connectivity index (χ2v) is 6.98. The van der Waals surface area contributed by atoms with Gasteiger partial charge in [-0.3, -0.25) is 9.48 Å². The van der Waals surface area contributed by atoms with Crippen LogP contribution in [-0.4, -0.2) is 52.7 Å². The first-order valence-electron chi connectivity index (χ1n) is 9.02. The SMILES string of the molecule is Cn1nc(C(=O)N2CCC3(CC2)OCCO3)c2c1-c1ccccc1OC2. The topological polar surface area (TPSA) is 65.8 Å². The van der Waals surface area contributed by atoms with Crippen molar-refractivity contribution >= 4 is 5.91 Å². The van der Waals surface area contributed by atoms with Crippen molar-refractivity contribution in [2.75, 3.05) is 26.3 Å². The zero-order valence-electron chi connectivity index (χ0n) is 14.7. The molecule has 4 heterocycles. The summed E-state index contributed by atoms with van der Waals surface area (Å²) in [4.78, 5) is 15.0. The van der Waals surface area contributed by atoms with Gasteiger partial charge in [-0.05, 0) is 12.1 Å². The van der Waals surface area contributed by atoms with Crippen LogP contribution in [0.2, 0.25) is 0 Å². The van der Waals surface area contributed by atoms with Crippen molar-refractivity contribution in [2.45, 2.75) is 25.2 Å². The standard InChI is InChI=1S/C19H21N3O4/c1-21-17-13-4-2-3-5-15(13)24-12-14(17)16(20-21)18(23)22-8-6-19(7-9-22)25-10-11-26-19/h2-5H,6-12H2,1H3. The van der Waals surface area contributed by atoms with E-state index in [1.54, 1.807) is 4.68 Å². The van der Waals surface area contributed by atoms with Crippen LogP contribution in [0, 0.1) is 0 Å². The van der Waals surface area contributed by atoms with E-state index in [4.69, 9.17) is 14.2 Å². The maximum Gasteiger partial charge on any atom is 0.274 e. The Labute approximate surface area is 151 Å². The number of rotatable bonds is 1. The number of ether oxygens (including phenoxy) is 3. The van der Waals surface area contributed by atoms with Crippen molar-refractivity contribution < 1.29 is 19.0 Å². The van der Waals surface area contributed by atoms with Crippen molar-refractivity contribution in [3.63, 3.8) is 0 Å². The molecule has 1 amide bonds. The largest absolute Gasteiger partial charge is 0.488 e. The van der Waals surface area contributed by atoms with Gasteiger partial charge in [0.2, 0.25) is 0 Å². The number of benzene rings is 1. The van der Waals surface area contributed by atoms with E-state index in [9.17, 15) is 4.79 Å². The number of carbonyl (C=O) groups excluding carboxylic acids is 1. The molecule has 1 aromatic heterocycles. The number of hydrogen-bond donors (Lipinski definition) is 0. The van der Waals surface area contributed by atoms with Crippen molar-refractivity contribution in [1.29, 1.82) is 0 Å². The second-order valence-electron chi connectivity index (χ2n) is 6.98. The molecule has 0 aliphatic carbocycles. The number of likely N-dealkylation sites (tertiary alicyclic amines) is 1. The van der Waals surface area contributed by atoms with Crippen LogP contribution in [0.25, 0.3) is 11.3 Å². The summed E-state index contributed by atoms with van der Waals surface area (Å²) >= 11 is 0. The molecule has 2 saturated heterocycles. The first-order chi connectivity index (χ1) is 12.7. The Morgan fingerprint density at radius 2 is 1.88 bits per heavy atom. The molecule has 3 aliphatic rings. The molecule has 136 valence electrons. The van der Waals surface area contributed by atoms with E-state index in [0.29, 0.717) is 51.4 Å². The Hall–Kier alpha value is -2.38. The number of para-hydroxylation sites is 1. The lowest BCUT2D eigenvalue weighted by atomic mass is 10.0. The molecule has 1 aromatic carbocycles. The summed E-state index contributed by atoms with van der Waals surface area (Å²) in [5.74, 6) is 0.303. The molecular formula is C19H21N3O4. The van der Waals surface area contributed by atoms with E-state index in [-0.39, 0.29) is 5.91 Å². The molecule has 3 aliphatic heterocycles. The zero-order valence-corrected chi connectivity index (χ0v) is 14.7. The van der Waals surface area contributed by atoms with Gasteiger partial charge in [0.1, 0.15) is 12.4 Å². The number of aromatic nitrogens is 2. The van der Waals surface area contributed by atoms with Crippen molar-refractivity contribution in [1.82, 2.24) is 14.7 Å². The number of amides is 1. The third-order valence-corrected chi connectivity index (χ3v) is 5.49. The molecule has 26 heavy (non-hydrogen) atoms. The van der Waals surface area contributed by atoms with E-state index >= 15 is 0 Å². The summed E-state index contributed by atoms with van der Waals surface area (Å²) in [6, 6.07) is 7.86. The minimum absolute atomic E-state index is 0.0438. The molecule has 0 N–H and O–H groups in total. The molecule has 0 bridgehead atoms. The highest BCUT2D eigenvalue weighted by Crippen LogP contribution is 2.39. The second kappa shape index (κ2) is 5.82. The first-order valence-corrected chi connectivity index (χ1v) is 9.02. The van der Waals surface area contributed by atoms with Crippen LogP contribution in [0.15, 0.2) is 24.3 Å². The maximum absolute atomic E-state index is 13.1. The van der Waals surface area contributed by atoms with Gasteiger partial charge in [0, 0.05) is 44.1 Å². The fraction of sp³-hybridized carbons (Fsp3) is 0.474. The molecule has 0 unspecified atom stereocenters. The highest BCUT2D eigenvalue weighted by atomic mass is 16.7. The Morgan fingerprint density at radius 1 is 1.15 bits per heavy atom. The molecule has 2 fully saturated rings. The lowest BCUT2D eigenvalue weighted by Gasteiger charge is -2.37. The Bertz CT molecular complexity index is 860. The maximum atomic E-state index is 13.1. The van der Waals surface area contributed by atoms with Gasteiger partial charge in [-0.15, -0.1) is 0 Å². The molecule has 1 spiro atoms. The van der Waals surface area contributed by atoms with Crippen LogP contribution in [0.1, 0.15) is 28.9 Å². The smallest absolute Gasteiger partial charge is 0.274 e. The lowest BCUT2D eigenvalue weighted by Crippen LogP contribution is -2.47. The molecule has 0 atom stereocenters. The molecule has 5 rings (SSSR count). The predicted molar refractivity (Wildman–Crippen MR) is 92.7 cm³/mol. The summed E-state index contributed by atoms with van der Waals surface area (Å²) in [6.45, 7) is 2.87. The van der Waals surface area contributed by atoms with Crippen LogP contribution in [-0.2, 0) is 23.1 Å². The Kier molecular flexibility index (Phi) is 3.55. The summed E-state index contributed by atoms with van der Waals surface area (Å²) in [6.07, 6.45) is 1.40. The van der Waals surface area contributed by atoms with Gasteiger partial charge < -0.3 is 19.1 Å². The van der Waals surface area contributed by atoms with E-state index in [1.807, 2.05) is 36.2 Å². The van der Waals surface area contributed by atoms with Gasteiger partial charge in [0.15, 0.2) is 11.5 Å². The predicted octanol–water partition coefficient (Wildman–Crippen LogP) is 1.96. The highest BCUT2D eigenvalue weighted by Gasteiger charge is 2.42. The Morgan fingerprint density at radius 3 is 2.65 bits per heavy atom. The minimum Gasteiger partial charge on any atom is -0.488 e. The van der Waals surface area contributed by atoms with Gasteiger partial charge in [-0.1, -0.05) is 12.1 Å². The number of nitrogens with zero attached hydrogens (tertiary/aromatic N) is 3. The number of fused-ring (bicyclic) bond motifs is 3. The van der Waals surface area contributed by atoms with Crippen LogP contribution in [0.4, 0.5) is 0 Å². The molecule has 7 heteroatoms. The molecule has 0 saturated carbocycles. The van der Waals surface area contributed by atoms with E-state index < -0.39 is 5.79 Å². The van der Waals surface area contributed by atoms with Crippen LogP contribution >= 0.6 is 0 Å². The molecule has 2 aromatic rings. The summed E-state index contributed by atoms with van der Waals surface area (Å²) in [5, 5.41) is 4.54. The van der Waals surface area contributed by atoms with Crippen molar-refractivity contribution in [3.8, 4) is 17.0 Å².